The number of methoxy groups -OCH3 is 1. The second kappa shape index (κ2) is 7.99. The molecule has 0 heterocycles. The van der Waals surface area contributed by atoms with Crippen molar-refractivity contribution in [3.63, 3.8) is 0 Å². The summed E-state index contributed by atoms with van der Waals surface area (Å²) in [5.74, 6) is 1.10. The molecule has 5 heteroatoms. The molecule has 0 saturated heterocycles. The Hall–Kier alpha value is -1.59. The van der Waals surface area contributed by atoms with Crippen LogP contribution in [-0.2, 0) is 13.2 Å². The lowest BCUT2D eigenvalue weighted by molar-refractivity contribution is 0.278. The van der Waals surface area contributed by atoms with Crippen molar-refractivity contribution in [2.45, 2.75) is 39.5 Å². The van der Waals surface area contributed by atoms with Crippen LogP contribution in [0, 0.1) is 5.82 Å². The minimum atomic E-state index is -0.256. The van der Waals surface area contributed by atoms with E-state index < -0.39 is 0 Å². The van der Waals surface area contributed by atoms with Gasteiger partial charge < -0.3 is 14.8 Å². The van der Waals surface area contributed by atoms with Gasteiger partial charge in [-0.3, -0.25) is 0 Å². The number of hydrogen-bond donors (Lipinski definition) is 1. The van der Waals surface area contributed by atoms with Gasteiger partial charge in [0.15, 0.2) is 11.5 Å². The van der Waals surface area contributed by atoms with Crippen LogP contribution in [0.25, 0.3) is 0 Å². The molecule has 0 fully saturated rings. The van der Waals surface area contributed by atoms with Gasteiger partial charge >= 0.3 is 0 Å². The van der Waals surface area contributed by atoms with E-state index in [4.69, 9.17) is 9.47 Å². The zero-order chi connectivity index (χ0) is 17.7. The van der Waals surface area contributed by atoms with Crippen molar-refractivity contribution in [1.82, 2.24) is 5.32 Å². The van der Waals surface area contributed by atoms with Crippen molar-refractivity contribution in [2.24, 2.45) is 0 Å². The molecule has 0 radical (unpaired) electrons. The topological polar surface area (TPSA) is 30.5 Å². The van der Waals surface area contributed by atoms with Crippen molar-refractivity contribution in [3.05, 3.63) is 57.8 Å². The maximum absolute atomic E-state index is 13.0. The van der Waals surface area contributed by atoms with Gasteiger partial charge in [0.05, 0.1) is 7.11 Å². The van der Waals surface area contributed by atoms with E-state index in [0.29, 0.717) is 24.7 Å². The molecule has 2 aromatic rings. The zero-order valence-corrected chi connectivity index (χ0v) is 16.0. The smallest absolute Gasteiger partial charge is 0.167 e. The molecule has 0 amide bonds. The van der Waals surface area contributed by atoms with E-state index in [9.17, 15) is 4.39 Å². The van der Waals surface area contributed by atoms with Crippen LogP contribution in [-0.4, -0.2) is 12.6 Å². The first-order valence-corrected chi connectivity index (χ1v) is 8.57. The van der Waals surface area contributed by atoms with E-state index in [2.05, 4.69) is 42.0 Å². The fourth-order valence-corrected chi connectivity index (χ4v) is 2.61. The Bertz CT molecular complexity index is 681. The molecular weight excluding hydrogens is 373 g/mol. The van der Waals surface area contributed by atoms with E-state index in [1.54, 1.807) is 19.2 Å². The van der Waals surface area contributed by atoms with Gasteiger partial charge in [0, 0.05) is 22.1 Å². The number of ether oxygens (including phenoxy) is 2. The zero-order valence-electron chi connectivity index (χ0n) is 14.5. The molecule has 0 aliphatic carbocycles. The van der Waals surface area contributed by atoms with Gasteiger partial charge in [-0.25, -0.2) is 4.39 Å². The van der Waals surface area contributed by atoms with Crippen LogP contribution in [0.2, 0.25) is 0 Å². The average molecular weight is 396 g/mol. The second-order valence-electron chi connectivity index (χ2n) is 6.58. The van der Waals surface area contributed by atoms with Crippen molar-refractivity contribution < 1.29 is 13.9 Å². The summed E-state index contributed by atoms with van der Waals surface area (Å²) in [6, 6.07) is 10.1. The molecule has 0 atom stereocenters. The van der Waals surface area contributed by atoms with Crippen LogP contribution >= 0.6 is 15.9 Å². The van der Waals surface area contributed by atoms with Crippen molar-refractivity contribution >= 4 is 15.9 Å². The Morgan fingerprint density at radius 1 is 1.08 bits per heavy atom. The minimum Gasteiger partial charge on any atom is -0.493 e. The summed E-state index contributed by atoms with van der Waals surface area (Å²) in [5.41, 5.74) is 1.87. The molecule has 2 aromatic carbocycles. The van der Waals surface area contributed by atoms with Crippen molar-refractivity contribution in [2.75, 3.05) is 7.11 Å². The minimum absolute atomic E-state index is 0.0171. The van der Waals surface area contributed by atoms with Gasteiger partial charge in [-0.2, -0.15) is 0 Å². The third-order valence-electron chi connectivity index (χ3n) is 3.48. The fraction of sp³-hybridized carbons (Fsp3) is 0.368. The maximum atomic E-state index is 13.0. The summed E-state index contributed by atoms with van der Waals surface area (Å²) < 4.78 is 25.4. The molecule has 0 aliphatic heterocycles. The molecule has 0 aliphatic rings. The summed E-state index contributed by atoms with van der Waals surface area (Å²) in [6.07, 6.45) is 0. The van der Waals surface area contributed by atoms with Gasteiger partial charge in [0.1, 0.15) is 12.4 Å². The van der Waals surface area contributed by atoms with E-state index in [1.807, 2.05) is 12.1 Å². The van der Waals surface area contributed by atoms with E-state index in [1.165, 1.54) is 12.1 Å². The molecule has 2 rings (SSSR count). The predicted molar refractivity (Wildman–Crippen MR) is 98.0 cm³/mol. The summed E-state index contributed by atoms with van der Waals surface area (Å²) in [7, 11) is 1.62. The average Bonchev–Trinajstić information content (AvgIpc) is 2.52. The van der Waals surface area contributed by atoms with Gasteiger partial charge in [0.25, 0.3) is 0 Å². The first-order chi connectivity index (χ1) is 11.3. The highest BCUT2D eigenvalue weighted by Crippen LogP contribution is 2.37. The highest BCUT2D eigenvalue weighted by atomic mass is 79.9. The Kier molecular flexibility index (Phi) is 6.24. The normalized spacial score (nSPS) is 11.4. The van der Waals surface area contributed by atoms with Crippen LogP contribution in [0.15, 0.2) is 40.9 Å². The van der Waals surface area contributed by atoms with E-state index in [-0.39, 0.29) is 11.4 Å². The number of benzene rings is 2. The molecular formula is C19H23BrFNO2. The Balaban J connectivity index is 2.24. The molecule has 1 N–H and O–H groups in total. The number of rotatable bonds is 6. The van der Waals surface area contributed by atoms with Gasteiger partial charge in [-0.05, 0) is 50.6 Å². The number of halogens is 2. The fourth-order valence-electron chi connectivity index (χ4n) is 2.16. The maximum Gasteiger partial charge on any atom is 0.167 e. The monoisotopic (exact) mass is 395 g/mol. The van der Waals surface area contributed by atoms with Gasteiger partial charge in [-0.15, -0.1) is 0 Å². The molecule has 130 valence electrons. The highest BCUT2D eigenvalue weighted by molar-refractivity contribution is 9.10. The molecule has 0 bridgehead atoms. The second-order valence-corrected chi connectivity index (χ2v) is 7.43. The highest BCUT2D eigenvalue weighted by Gasteiger charge is 2.17. The standard InChI is InChI=1S/C19H23BrFNO2/c1-19(2,3)22-11-15-16(20)9-10-17(23-4)18(15)24-12-13-5-7-14(21)8-6-13/h5-10,22H,11-12H2,1-4H3. The van der Waals surface area contributed by atoms with E-state index >= 15 is 0 Å². The van der Waals surface area contributed by atoms with Crippen LogP contribution in [0.4, 0.5) is 4.39 Å². The largest absolute Gasteiger partial charge is 0.493 e. The van der Waals surface area contributed by atoms with E-state index in [0.717, 1.165) is 15.6 Å². The van der Waals surface area contributed by atoms with Crippen LogP contribution < -0.4 is 14.8 Å². The first kappa shape index (κ1) is 18.7. The third kappa shape index (κ3) is 5.21. The lowest BCUT2D eigenvalue weighted by Gasteiger charge is -2.23. The molecule has 0 aromatic heterocycles. The summed E-state index contributed by atoms with van der Waals surface area (Å²) in [6.45, 7) is 7.32. The summed E-state index contributed by atoms with van der Waals surface area (Å²) in [4.78, 5) is 0. The number of nitrogens with one attached hydrogen (secondary N) is 1. The Morgan fingerprint density at radius 3 is 2.33 bits per heavy atom. The molecule has 0 unspecified atom stereocenters. The lowest BCUT2D eigenvalue weighted by atomic mass is 10.1. The van der Waals surface area contributed by atoms with Crippen LogP contribution in [0.5, 0.6) is 11.5 Å². The summed E-state index contributed by atoms with van der Waals surface area (Å²) in [5, 5.41) is 3.46. The quantitative estimate of drug-likeness (QED) is 0.740. The van der Waals surface area contributed by atoms with Crippen LogP contribution in [0.1, 0.15) is 31.9 Å². The van der Waals surface area contributed by atoms with Gasteiger partial charge in [-0.1, -0.05) is 28.1 Å². The SMILES string of the molecule is COc1ccc(Br)c(CNC(C)(C)C)c1OCc1ccc(F)cc1. The third-order valence-corrected chi connectivity index (χ3v) is 4.22. The van der Waals surface area contributed by atoms with Crippen molar-refractivity contribution in [3.8, 4) is 11.5 Å². The molecule has 24 heavy (non-hydrogen) atoms. The Morgan fingerprint density at radius 2 is 1.75 bits per heavy atom. The summed E-state index contributed by atoms with van der Waals surface area (Å²) >= 11 is 3.59. The molecule has 3 nitrogen and oxygen atoms in total. The number of hydrogen-bond acceptors (Lipinski definition) is 3. The predicted octanol–water partition coefficient (Wildman–Crippen LogP) is 5.06. The lowest BCUT2D eigenvalue weighted by Crippen LogP contribution is -2.35. The Labute approximate surface area is 151 Å². The van der Waals surface area contributed by atoms with Crippen molar-refractivity contribution in [1.29, 1.82) is 0 Å². The van der Waals surface area contributed by atoms with Crippen LogP contribution in [0.3, 0.4) is 0 Å². The molecule has 0 spiro atoms. The molecule has 0 saturated carbocycles. The van der Waals surface area contributed by atoms with Gasteiger partial charge in [0.2, 0.25) is 0 Å². The first-order valence-electron chi connectivity index (χ1n) is 7.78.